The van der Waals surface area contributed by atoms with Gasteiger partial charge in [0.05, 0.1) is 24.2 Å². The molecule has 0 spiro atoms. The Labute approximate surface area is 144 Å². The SMILES string of the molecule is COc1ccccc1NC(=S)N1C(=O)CSc2cc(C)ccc21. The molecule has 1 aliphatic rings. The van der Waals surface area contributed by atoms with Crippen molar-refractivity contribution in [3.63, 3.8) is 0 Å². The van der Waals surface area contributed by atoms with Crippen molar-refractivity contribution in [1.82, 2.24) is 0 Å². The molecule has 0 saturated carbocycles. The Bertz CT molecular complexity index is 777. The van der Waals surface area contributed by atoms with Crippen molar-refractivity contribution >= 4 is 46.4 Å². The molecule has 0 fully saturated rings. The Balaban J connectivity index is 1.92. The first kappa shape index (κ1) is 15.8. The molecule has 1 heterocycles. The third-order valence-corrected chi connectivity index (χ3v) is 4.82. The second-order valence-electron chi connectivity index (χ2n) is 5.12. The van der Waals surface area contributed by atoms with Gasteiger partial charge >= 0.3 is 0 Å². The van der Waals surface area contributed by atoms with Crippen molar-refractivity contribution in [3.8, 4) is 5.75 Å². The molecule has 0 aromatic heterocycles. The fourth-order valence-corrected chi connectivity index (χ4v) is 3.70. The number of amides is 1. The van der Waals surface area contributed by atoms with E-state index in [1.54, 1.807) is 23.8 Å². The van der Waals surface area contributed by atoms with Gasteiger partial charge in [-0.15, -0.1) is 11.8 Å². The van der Waals surface area contributed by atoms with Crippen molar-refractivity contribution < 1.29 is 9.53 Å². The van der Waals surface area contributed by atoms with E-state index in [0.717, 1.165) is 21.8 Å². The lowest BCUT2D eigenvalue weighted by Crippen LogP contribution is -2.43. The highest BCUT2D eigenvalue weighted by Gasteiger charge is 2.28. The summed E-state index contributed by atoms with van der Waals surface area (Å²) in [5.41, 5.74) is 2.72. The van der Waals surface area contributed by atoms with Gasteiger partial charge < -0.3 is 10.1 Å². The Morgan fingerprint density at radius 1 is 1.30 bits per heavy atom. The summed E-state index contributed by atoms with van der Waals surface area (Å²) in [5, 5.41) is 3.47. The predicted octanol–water partition coefficient (Wildman–Crippen LogP) is 3.84. The van der Waals surface area contributed by atoms with Crippen LogP contribution in [0.25, 0.3) is 0 Å². The van der Waals surface area contributed by atoms with Crippen LogP contribution in [0.5, 0.6) is 5.75 Å². The van der Waals surface area contributed by atoms with E-state index in [9.17, 15) is 4.79 Å². The van der Waals surface area contributed by atoms with Crippen LogP contribution in [0.15, 0.2) is 47.4 Å². The van der Waals surface area contributed by atoms with Crippen LogP contribution in [0.1, 0.15) is 5.56 Å². The van der Waals surface area contributed by atoms with Gasteiger partial charge in [-0.1, -0.05) is 18.2 Å². The average Bonchev–Trinajstić information content (AvgIpc) is 2.55. The van der Waals surface area contributed by atoms with Crippen LogP contribution < -0.4 is 15.0 Å². The second kappa shape index (κ2) is 6.60. The number of nitrogens with one attached hydrogen (secondary N) is 1. The number of hydrogen-bond donors (Lipinski definition) is 1. The summed E-state index contributed by atoms with van der Waals surface area (Å²) >= 11 is 7.02. The number of rotatable bonds is 2. The number of para-hydroxylation sites is 2. The Kier molecular flexibility index (Phi) is 4.54. The summed E-state index contributed by atoms with van der Waals surface area (Å²) in [6, 6.07) is 13.5. The molecule has 0 aliphatic carbocycles. The molecule has 0 radical (unpaired) electrons. The summed E-state index contributed by atoms with van der Waals surface area (Å²) in [6.45, 7) is 2.03. The van der Waals surface area contributed by atoms with Crippen molar-refractivity contribution in [1.29, 1.82) is 0 Å². The Morgan fingerprint density at radius 3 is 2.87 bits per heavy atom. The van der Waals surface area contributed by atoms with Gasteiger partial charge in [0.25, 0.3) is 0 Å². The monoisotopic (exact) mass is 344 g/mol. The molecule has 3 rings (SSSR count). The van der Waals surface area contributed by atoms with Gasteiger partial charge in [-0.05, 0) is 49.0 Å². The molecule has 1 amide bonds. The number of benzene rings is 2. The average molecular weight is 344 g/mol. The number of fused-ring (bicyclic) bond motifs is 1. The van der Waals surface area contributed by atoms with Crippen LogP contribution in [0.3, 0.4) is 0 Å². The Morgan fingerprint density at radius 2 is 2.09 bits per heavy atom. The van der Waals surface area contributed by atoms with Crippen LogP contribution in [-0.2, 0) is 4.79 Å². The molecule has 6 heteroatoms. The fourth-order valence-electron chi connectivity index (χ4n) is 2.40. The number of carbonyl (C=O) groups is 1. The first-order chi connectivity index (χ1) is 11.1. The molecule has 0 saturated heterocycles. The number of nitrogens with zero attached hydrogens (tertiary/aromatic N) is 1. The molecule has 118 valence electrons. The zero-order valence-electron chi connectivity index (χ0n) is 12.8. The largest absolute Gasteiger partial charge is 0.495 e. The molecule has 23 heavy (non-hydrogen) atoms. The zero-order chi connectivity index (χ0) is 16.4. The lowest BCUT2D eigenvalue weighted by atomic mass is 10.2. The zero-order valence-corrected chi connectivity index (χ0v) is 14.5. The Hall–Kier alpha value is -2.05. The normalized spacial score (nSPS) is 13.5. The molecule has 1 N–H and O–H groups in total. The molecular formula is C17H16N2O2S2. The van der Waals surface area contributed by atoms with Gasteiger partial charge in [0.15, 0.2) is 5.11 Å². The number of anilines is 2. The summed E-state index contributed by atoms with van der Waals surface area (Å²) < 4.78 is 5.32. The first-order valence-electron chi connectivity index (χ1n) is 7.10. The molecule has 0 unspecified atom stereocenters. The van der Waals surface area contributed by atoms with Crippen molar-refractivity contribution in [3.05, 3.63) is 48.0 Å². The second-order valence-corrected chi connectivity index (χ2v) is 6.52. The maximum Gasteiger partial charge on any atom is 0.243 e. The highest BCUT2D eigenvalue weighted by Crippen LogP contribution is 2.36. The van der Waals surface area contributed by atoms with E-state index < -0.39 is 0 Å². The van der Waals surface area contributed by atoms with Gasteiger partial charge in [0.1, 0.15) is 5.75 Å². The number of hydrogen-bond acceptors (Lipinski definition) is 4. The minimum Gasteiger partial charge on any atom is -0.495 e. The predicted molar refractivity (Wildman–Crippen MR) is 98.6 cm³/mol. The molecule has 2 aromatic rings. The molecule has 4 nitrogen and oxygen atoms in total. The van der Waals surface area contributed by atoms with E-state index in [-0.39, 0.29) is 5.91 Å². The lowest BCUT2D eigenvalue weighted by Gasteiger charge is -2.30. The van der Waals surface area contributed by atoms with Crippen LogP contribution in [0.2, 0.25) is 0 Å². The third kappa shape index (κ3) is 3.18. The minimum atomic E-state index is -0.0289. The molecule has 0 bridgehead atoms. The highest BCUT2D eigenvalue weighted by atomic mass is 32.2. The van der Waals surface area contributed by atoms with Gasteiger partial charge in [-0.25, -0.2) is 0 Å². The van der Waals surface area contributed by atoms with E-state index >= 15 is 0 Å². The quantitative estimate of drug-likeness (QED) is 0.839. The minimum absolute atomic E-state index is 0.0289. The van der Waals surface area contributed by atoms with Crippen LogP contribution >= 0.6 is 24.0 Å². The summed E-state index contributed by atoms with van der Waals surface area (Å²) in [5.74, 6) is 1.03. The number of thioether (sulfide) groups is 1. The van der Waals surface area contributed by atoms with E-state index in [1.807, 2.05) is 43.3 Å². The van der Waals surface area contributed by atoms with E-state index in [4.69, 9.17) is 17.0 Å². The molecular weight excluding hydrogens is 328 g/mol. The standard InChI is InChI=1S/C17H16N2O2S2/c1-11-7-8-13-15(9-11)23-10-16(20)19(13)17(22)18-12-5-3-4-6-14(12)21-2/h3-9H,10H2,1-2H3,(H,18,22). The number of ether oxygens (including phenoxy) is 1. The molecule has 2 aromatic carbocycles. The molecule has 0 atom stereocenters. The highest BCUT2D eigenvalue weighted by molar-refractivity contribution is 8.00. The first-order valence-corrected chi connectivity index (χ1v) is 8.50. The van der Waals surface area contributed by atoms with Crippen LogP contribution in [-0.4, -0.2) is 23.9 Å². The van der Waals surface area contributed by atoms with E-state index in [2.05, 4.69) is 11.4 Å². The number of methoxy groups -OCH3 is 1. The summed E-state index contributed by atoms with van der Waals surface area (Å²) in [4.78, 5) is 15.0. The number of carbonyl (C=O) groups excluding carboxylic acids is 1. The third-order valence-electron chi connectivity index (χ3n) is 3.51. The topological polar surface area (TPSA) is 41.6 Å². The van der Waals surface area contributed by atoms with Crippen molar-refractivity contribution in [2.45, 2.75) is 11.8 Å². The van der Waals surface area contributed by atoms with Gasteiger partial charge in [-0.2, -0.15) is 0 Å². The van der Waals surface area contributed by atoms with Crippen LogP contribution in [0.4, 0.5) is 11.4 Å². The fraction of sp³-hybridized carbons (Fsp3) is 0.176. The van der Waals surface area contributed by atoms with Crippen LogP contribution in [0, 0.1) is 6.92 Å². The number of aryl methyl sites for hydroxylation is 1. The maximum absolute atomic E-state index is 12.4. The summed E-state index contributed by atoms with van der Waals surface area (Å²) in [6.07, 6.45) is 0. The maximum atomic E-state index is 12.4. The van der Waals surface area contributed by atoms with Crippen molar-refractivity contribution in [2.24, 2.45) is 0 Å². The van der Waals surface area contributed by atoms with Crippen molar-refractivity contribution in [2.75, 3.05) is 23.1 Å². The van der Waals surface area contributed by atoms with Gasteiger partial charge in [0.2, 0.25) is 5.91 Å². The molecule has 1 aliphatic heterocycles. The van der Waals surface area contributed by atoms with E-state index in [0.29, 0.717) is 16.6 Å². The van der Waals surface area contributed by atoms with Gasteiger partial charge in [0, 0.05) is 4.90 Å². The lowest BCUT2D eigenvalue weighted by molar-refractivity contribution is -0.115. The smallest absolute Gasteiger partial charge is 0.243 e. The van der Waals surface area contributed by atoms with E-state index in [1.165, 1.54) is 0 Å². The summed E-state index contributed by atoms with van der Waals surface area (Å²) in [7, 11) is 1.60. The number of thiocarbonyl (C=S) groups is 1. The van der Waals surface area contributed by atoms with Gasteiger partial charge in [-0.3, -0.25) is 9.69 Å².